The molecular formula is C4H9N2O6P. The van der Waals surface area contributed by atoms with E-state index < -0.39 is 32.1 Å². The number of carboxylic acids is 1. The summed E-state index contributed by atoms with van der Waals surface area (Å²) in [6.07, 6.45) is -0.689. The molecule has 0 saturated heterocycles. The van der Waals surface area contributed by atoms with Crippen molar-refractivity contribution in [2.75, 3.05) is 0 Å². The number of aliphatic carboxylic acids is 1. The molecule has 8 nitrogen and oxygen atoms in total. The maximum absolute atomic E-state index is 10.7. The van der Waals surface area contributed by atoms with Crippen LogP contribution in [0.25, 0.3) is 0 Å². The fourth-order valence-corrected chi connectivity index (χ4v) is 0.960. The second kappa shape index (κ2) is 4.33. The molecule has 0 aromatic carbocycles. The third kappa shape index (κ3) is 6.23. The fourth-order valence-electron chi connectivity index (χ4n) is 0.507. The first kappa shape index (κ1) is 12.0. The van der Waals surface area contributed by atoms with Crippen LogP contribution in [0.1, 0.15) is 6.42 Å². The Hall–Kier alpha value is -0.950. The number of carboxylic acid groups (broad SMARTS) is 1. The molecule has 1 atom stereocenters. The molecule has 76 valence electrons. The molecule has 0 heterocycles. The Bertz CT molecular complexity index is 259. The standard InChI is InChI=1S/C4H9N2O6P/c5-2(1-3(7)8)4(9)6-13(10,11)12/h2H,1,5H2,(H,7,8)(H3,6,9,10,11,12)/t2-/m0/s1. The second-order valence-electron chi connectivity index (χ2n) is 2.22. The summed E-state index contributed by atoms with van der Waals surface area (Å²) in [6.45, 7) is 0. The van der Waals surface area contributed by atoms with Crippen LogP contribution in [0.2, 0.25) is 0 Å². The summed E-state index contributed by atoms with van der Waals surface area (Å²) in [7, 11) is -4.69. The van der Waals surface area contributed by atoms with E-state index in [9.17, 15) is 14.2 Å². The summed E-state index contributed by atoms with van der Waals surface area (Å²) >= 11 is 0. The zero-order valence-electron chi connectivity index (χ0n) is 6.38. The Morgan fingerprint density at radius 2 is 1.92 bits per heavy atom. The maximum atomic E-state index is 10.7. The first-order valence-corrected chi connectivity index (χ1v) is 4.68. The predicted octanol–water partition coefficient (Wildman–Crippen LogP) is -2.00. The maximum Gasteiger partial charge on any atom is 0.429 e. The van der Waals surface area contributed by atoms with Crippen LogP contribution in [0.5, 0.6) is 0 Å². The molecule has 0 unspecified atom stereocenters. The number of nitrogens with one attached hydrogen (secondary N) is 1. The van der Waals surface area contributed by atoms with Gasteiger partial charge in [0.1, 0.15) is 0 Å². The van der Waals surface area contributed by atoms with Crippen LogP contribution in [0.15, 0.2) is 0 Å². The van der Waals surface area contributed by atoms with Crippen molar-refractivity contribution in [3.63, 3.8) is 0 Å². The normalized spacial score (nSPS) is 13.5. The number of hydrogen-bond donors (Lipinski definition) is 5. The summed E-state index contributed by atoms with van der Waals surface area (Å²) in [5, 5.41) is 9.44. The van der Waals surface area contributed by atoms with E-state index in [1.165, 1.54) is 5.09 Å². The number of carbonyl (C=O) groups excluding carboxylic acids is 1. The predicted molar refractivity (Wildman–Crippen MR) is 40.4 cm³/mol. The largest absolute Gasteiger partial charge is 0.481 e. The number of hydrogen-bond acceptors (Lipinski definition) is 4. The molecular weight excluding hydrogens is 203 g/mol. The third-order valence-corrected chi connectivity index (χ3v) is 1.50. The molecule has 0 bridgehead atoms. The smallest absolute Gasteiger partial charge is 0.429 e. The minimum atomic E-state index is -4.69. The molecule has 0 spiro atoms. The van der Waals surface area contributed by atoms with E-state index in [0.717, 1.165) is 0 Å². The van der Waals surface area contributed by atoms with Gasteiger partial charge < -0.3 is 20.6 Å². The number of carbonyl (C=O) groups is 2. The van der Waals surface area contributed by atoms with E-state index in [-0.39, 0.29) is 0 Å². The van der Waals surface area contributed by atoms with Crippen LogP contribution in [-0.2, 0) is 14.2 Å². The van der Waals surface area contributed by atoms with Crippen molar-refractivity contribution in [2.24, 2.45) is 5.73 Å². The van der Waals surface area contributed by atoms with Gasteiger partial charge in [0.25, 0.3) is 0 Å². The first-order chi connectivity index (χ1) is 5.72. The van der Waals surface area contributed by atoms with E-state index in [2.05, 4.69) is 0 Å². The average molecular weight is 212 g/mol. The molecule has 0 aliphatic carbocycles. The highest BCUT2D eigenvalue weighted by Crippen LogP contribution is 2.27. The van der Waals surface area contributed by atoms with Crippen molar-refractivity contribution in [3.8, 4) is 0 Å². The average Bonchev–Trinajstić information content (AvgIpc) is 1.81. The topological polar surface area (TPSA) is 150 Å². The van der Waals surface area contributed by atoms with E-state index in [1.807, 2.05) is 0 Å². The van der Waals surface area contributed by atoms with Crippen LogP contribution < -0.4 is 10.8 Å². The minimum Gasteiger partial charge on any atom is -0.481 e. The summed E-state index contributed by atoms with van der Waals surface area (Å²) in [5.41, 5.74) is 4.99. The van der Waals surface area contributed by atoms with Crippen LogP contribution in [0.4, 0.5) is 0 Å². The van der Waals surface area contributed by atoms with Gasteiger partial charge in [0.05, 0.1) is 12.5 Å². The van der Waals surface area contributed by atoms with Gasteiger partial charge in [-0.1, -0.05) is 0 Å². The Kier molecular flexibility index (Phi) is 4.02. The van der Waals surface area contributed by atoms with Crippen molar-refractivity contribution in [2.45, 2.75) is 12.5 Å². The molecule has 0 fully saturated rings. The van der Waals surface area contributed by atoms with Crippen LogP contribution in [0.3, 0.4) is 0 Å². The molecule has 0 aromatic heterocycles. The lowest BCUT2D eigenvalue weighted by Gasteiger charge is -2.10. The molecule has 13 heavy (non-hydrogen) atoms. The quantitative estimate of drug-likeness (QED) is 0.338. The van der Waals surface area contributed by atoms with Gasteiger partial charge in [-0.15, -0.1) is 0 Å². The fraction of sp³-hybridized carbons (Fsp3) is 0.500. The molecule has 0 aromatic rings. The lowest BCUT2D eigenvalue weighted by Crippen LogP contribution is -2.40. The Morgan fingerprint density at radius 3 is 2.23 bits per heavy atom. The molecule has 0 saturated carbocycles. The highest BCUT2D eigenvalue weighted by Gasteiger charge is 2.23. The van der Waals surface area contributed by atoms with Crippen molar-refractivity contribution < 1.29 is 29.0 Å². The van der Waals surface area contributed by atoms with E-state index in [4.69, 9.17) is 20.6 Å². The third-order valence-electron chi connectivity index (χ3n) is 0.987. The van der Waals surface area contributed by atoms with Gasteiger partial charge in [-0.2, -0.15) is 0 Å². The molecule has 9 heteroatoms. The van der Waals surface area contributed by atoms with E-state index in [1.54, 1.807) is 0 Å². The molecule has 0 radical (unpaired) electrons. The molecule has 0 aliphatic rings. The molecule has 6 N–H and O–H groups in total. The van der Waals surface area contributed by atoms with Crippen LogP contribution >= 0.6 is 7.75 Å². The van der Waals surface area contributed by atoms with Crippen molar-refractivity contribution in [1.82, 2.24) is 5.09 Å². The van der Waals surface area contributed by atoms with E-state index in [0.29, 0.717) is 0 Å². The zero-order chi connectivity index (χ0) is 10.6. The van der Waals surface area contributed by atoms with Crippen LogP contribution in [-0.4, -0.2) is 32.8 Å². The lowest BCUT2D eigenvalue weighted by molar-refractivity contribution is -0.139. The molecule has 0 rings (SSSR count). The van der Waals surface area contributed by atoms with Gasteiger partial charge in [0.2, 0.25) is 5.91 Å². The minimum absolute atomic E-state index is 0.689. The Balaban J connectivity index is 4.12. The van der Waals surface area contributed by atoms with Crippen molar-refractivity contribution in [3.05, 3.63) is 0 Å². The van der Waals surface area contributed by atoms with E-state index >= 15 is 0 Å². The van der Waals surface area contributed by atoms with Gasteiger partial charge in [0.15, 0.2) is 0 Å². The monoisotopic (exact) mass is 212 g/mol. The SMILES string of the molecule is N[C@@H](CC(=O)O)C(=O)NP(=O)(O)O. The van der Waals surface area contributed by atoms with Crippen molar-refractivity contribution >= 4 is 19.6 Å². The Morgan fingerprint density at radius 1 is 1.46 bits per heavy atom. The van der Waals surface area contributed by atoms with Crippen molar-refractivity contribution in [1.29, 1.82) is 0 Å². The number of rotatable bonds is 4. The summed E-state index contributed by atoms with van der Waals surface area (Å²) in [6, 6.07) is -1.47. The van der Waals surface area contributed by atoms with Gasteiger partial charge >= 0.3 is 13.7 Å². The second-order valence-corrected chi connectivity index (χ2v) is 3.54. The highest BCUT2D eigenvalue weighted by atomic mass is 31.2. The number of amides is 1. The summed E-state index contributed by atoms with van der Waals surface area (Å²) in [4.78, 5) is 37.2. The molecule has 0 aliphatic heterocycles. The summed E-state index contributed by atoms with van der Waals surface area (Å²) in [5.74, 6) is -2.52. The Labute approximate surface area is 72.9 Å². The van der Waals surface area contributed by atoms with Gasteiger partial charge in [-0.05, 0) is 0 Å². The first-order valence-electron chi connectivity index (χ1n) is 3.07. The highest BCUT2D eigenvalue weighted by molar-refractivity contribution is 7.50. The lowest BCUT2D eigenvalue weighted by atomic mass is 10.2. The van der Waals surface area contributed by atoms with Gasteiger partial charge in [-0.3, -0.25) is 14.7 Å². The molecule has 1 amide bonds. The number of nitrogens with two attached hydrogens (primary N) is 1. The van der Waals surface area contributed by atoms with Gasteiger partial charge in [-0.25, -0.2) is 4.57 Å². The van der Waals surface area contributed by atoms with Crippen LogP contribution in [0, 0.1) is 0 Å². The zero-order valence-corrected chi connectivity index (χ0v) is 7.27. The summed E-state index contributed by atoms with van der Waals surface area (Å²) < 4.78 is 10.2. The van der Waals surface area contributed by atoms with Gasteiger partial charge in [0, 0.05) is 0 Å².